The lowest BCUT2D eigenvalue weighted by molar-refractivity contribution is 0.0702. The number of methoxy groups -OCH3 is 1. The zero-order chi connectivity index (χ0) is 20.5. The van der Waals surface area contributed by atoms with Gasteiger partial charge in [-0.15, -0.1) is 0 Å². The Morgan fingerprint density at radius 1 is 1.25 bits per heavy atom. The number of ether oxygens (including phenoxy) is 1. The van der Waals surface area contributed by atoms with Gasteiger partial charge in [0.05, 0.1) is 25.1 Å². The van der Waals surface area contributed by atoms with Crippen molar-refractivity contribution < 1.29 is 17.9 Å². The third-order valence-electron chi connectivity index (χ3n) is 5.22. The molecule has 0 aromatic heterocycles. The normalized spacial score (nSPS) is 14.5. The number of amides is 1. The van der Waals surface area contributed by atoms with Gasteiger partial charge in [0.25, 0.3) is 5.91 Å². The molecule has 1 atom stereocenters. The largest absolute Gasteiger partial charge is 0.497 e. The maximum atomic E-state index is 13.2. The molecule has 0 N–H and O–H groups in total. The summed E-state index contributed by atoms with van der Waals surface area (Å²) < 4.78 is 30.5. The van der Waals surface area contributed by atoms with Crippen LogP contribution in [0.3, 0.4) is 0 Å². The molecule has 1 amide bonds. The summed E-state index contributed by atoms with van der Waals surface area (Å²) in [5.74, 6) is 0.685. The van der Waals surface area contributed by atoms with Crippen molar-refractivity contribution in [3.8, 4) is 5.75 Å². The molecule has 0 saturated heterocycles. The van der Waals surface area contributed by atoms with Crippen molar-refractivity contribution in [3.63, 3.8) is 0 Å². The van der Waals surface area contributed by atoms with Gasteiger partial charge in [-0.2, -0.15) is 0 Å². The molecule has 2 aromatic rings. The lowest BCUT2D eigenvalue weighted by Crippen LogP contribution is -2.33. The molecule has 28 heavy (non-hydrogen) atoms. The predicted octanol–water partition coefficient (Wildman–Crippen LogP) is 3.24. The molecule has 1 unspecified atom stereocenters. The van der Waals surface area contributed by atoms with Crippen molar-refractivity contribution in [1.29, 1.82) is 0 Å². The van der Waals surface area contributed by atoms with Crippen LogP contribution in [0.25, 0.3) is 0 Å². The molecule has 1 aliphatic heterocycles. The van der Waals surface area contributed by atoms with Gasteiger partial charge in [0, 0.05) is 18.7 Å². The first-order valence-electron chi connectivity index (χ1n) is 9.31. The molecule has 0 fully saturated rings. The van der Waals surface area contributed by atoms with E-state index in [1.165, 1.54) is 10.6 Å². The highest BCUT2D eigenvalue weighted by Crippen LogP contribution is 2.32. The molecule has 6 nitrogen and oxygen atoms in total. The summed E-state index contributed by atoms with van der Waals surface area (Å²) in [5.41, 5.74) is 3.13. The summed E-state index contributed by atoms with van der Waals surface area (Å²) in [5, 5.41) is 0. The summed E-state index contributed by atoms with van der Waals surface area (Å²) in [6, 6.07) is 12.9. The van der Waals surface area contributed by atoms with Gasteiger partial charge in [0.15, 0.2) is 0 Å². The number of sulfonamides is 1. The van der Waals surface area contributed by atoms with E-state index in [9.17, 15) is 13.2 Å². The average Bonchev–Trinajstić information content (AvgIpc) is 3.12. The fraction of sp³-hybridized carbons (Fsp3) is 0.381. The number of hydrogen-bond acceptors (Lipinski definition) is 4. The van der Waals surface area contributed by atoms with Gasteiger partial charge < -0.3 is 9.64 Å². The second-order valence-corrected chi connectivity index (χ2v) is 8.88. The van der Waals surface area contributed by atoms with Gasteiger partial charge in [-0.05, 0) is 61.7 Å². The SMILES string of the molecule is CCN(C(=O)c1ccc2c(c1)CCN2S(C)(=O)=O)C(C)c1cccc(OC)c1. The molecule has 2 aromatic carbocycles. The van der Waals surface area contributed by atoms with E-state index in [1.807, 2.05) is 44.2 Å². The number of rotatable bonds is 6. The van der Waals surface area contributed by atoms with Crippen LogP contribution in [0, 0.1) is 0 Å². The van der Waals surface area contributed by atoms with Gasteiger partial charge in [-0.25, -0.2) is 8.42 Å². The molecule has 7 heteroatoms. The highest BCUT2D eigenvalue weighted by molar-refractivity contribution is 7.92. The van der Waals surface area contributed by atoms with Crippen molar-refractivity contribution >= 4 is 21.6 Å². The van der Waals surface area contributed by atoms with E-state index in [0.29, 0.717) is 30.8 Å². The Morgan fingerprint density at radius 2 is 2.00 bits per heavy atom. The van der Waals surface area contributed by atoms with Crippen LogP contribution in [0.2, 0.25) is 0 Å². The molecule has 150 valence electrons. The van der Waals surface area contributed by atoms with E-state index in [0.717, 1.165) is 16.9 Å². The van der Waals surface area contributed by atoms with Gasteiger partial charge in [0.2, 0.25) is 10.0 Å². The van der Waals surface area contributed by atoms with Crippen molar-refractivity contribution in [2.24, 2.45) is 0 Å². The van der Waals surface area contributed by atoms with Gasteiger partial charge >= 0.3 is 0 Å². The molecule has 0 bridgehead atoms. The fourth-order valence-corrected chi connectivity index (χ4v) is 4.65. The quantitative estimate of drug-likeness (QED) is 0.744. The molecule has 1 aliphatic rings. The van der Waals surface area contributed by atoms with Crippen molar-refractivity contribution in [2.45, 2.75) is 26.3 Å². The third-order valence-corrected chi connectivity index (χ3v) is 6.40. The van der Waals surface area contributed by atoms with E-state index in [-0.39, 0.29) is 11.9 Å². The Hall–Kier alpha value is -2.54. The number of fused-ring (bicyclic) bond motifs is 1. The Labute approximate surface area is 166 Å². The maximum absolute atomic E-state index is 13.2. The molecule has 0 saturated carbocycles. The maximum Gasteiger partial charge on any atom is 0.254 e. The molecule has 1 heterocycles. The number of carbonyl (C=O) groups excluding carboxylic acids is 1. The van der Waals surface area contributed by atoms with Crippen LogP contribution >= 0.6 is 0 Å². The Balaban J connectivity index is 1.88. The van der Waals surface area contributed by atoms with Crippen LogP contribution in [0.15, 0.2) is 42.5 Å². The van der Waals surface area contributed by atoms with Crippen LogP contribution < -0.4 is 9.04 Å². The van der Waals surface area contributed by atoms with E-state index < -0.39 is 10.0 Å². The van der Waals surface area contributed by atoms with Crippen LogP contribution in [-0.4, -0.2) is 45.7 Å². The van der Waals surface area contributed by atoms with E-state index in [2.05, 4.69) is 0 Å². The highest BCUT2D eigenvalue weighted by Gasteiger charge is 2.28. The first-order chi connectivity index (χ1) is 13.3. The van der Waals surface area contributed by atoms with E-state index in [4.69, 9.17) is 4.74 Å². The molecule has 3 rings (SSSR count). The molecular formula is C21H26N2O4S. The Bertz CT molecular complexity index is 988. The first-order valence-corrected chi connectivity index (χ1v) is 11.2. The number of hydrogen-bond donors (Lipinski definition) is 0. The van der Waals surface area contributed by atoms with Gasteiger partial charge in [-0.3, -0.25) is 9.10 Å². The summed E-state index contributed by atoms with van der Waals surface area (Å²) in [4.78, 5) is 15.0. The second-order valence-electron chi connectivity index (χ2n) is 6.97. The van der Waals surface area contributed by atoms with Crippen molar-refractivity contribution in [1.82, 2.24) is 4.90 Å². The number of benzene rings is 2. The lowest BCUT2D eigenvalue weighted by Gasteiger charge is -2.29. The number of carbonyl (C=O) groups is 1. The van der Waals surface area contributed by atoms with E-state index in [1.54, 1.807) is 24.1 Å². The van der Waals surface area contributed by atoms with Gasteiger partial charge in [0.1, 0.15) is 5.75 Å². The summed E-state index contributed by atoms with van der Waals surface area (Å²) in [6.07, 6.45) is 1.82. The minimum absolute atomic E-state index is 0.0709. The lowest BCUT2D eigenvalue weighted by atomic mass is 10.0. The summed E-state index contributed by atoms with van der Waals surface area (Å²) in [7, 11) is -1.68. The van der Waals surface area contributed by atoms with Crippen LogP contribution in [0.5, 0.6) is 5.75 Å². The molecular weight excluding hydrogens is 376 g/mol. The third kappa shape index (κ3) is 3.85. The fourth-order valence-electron chi connectivity index (χ4n) is 3.69. The average molecular weight is 403 g/mol. The van der Waals surface area contributed by atoms with Crippen molar-refractivity contribution in [2.75, 3.05) is 30.8 Å². The zero-order valence-electron chi connectivity index (χ0n) is 16.7. The Morgan fingerprint density at radius 3 is 2.64 bits per heavy atom. The number of nitrogens with zero attached hydrogens (tertiary/aromatic N) is 2. The minimum atomic E-state index is -3.30. The Kier molecular flexibility index (Phi) is 5.65. The standard InChI is InChI=1S/C21H26N2O4S/c1-5-22(15(2)16-7-6-8-19(14-16)27-3)21(24)18-9-10-20-17(13-18)11-12-23(20)28(4,25)26/h6-10,13-15H,5,11-12H2,1-4H3. The minimum Gasteiger partial charge on any atom is -0.497 e. The van der Waals surface area contributed by atoms with E-state index >= 15 is 0 Å². The van der Waals surface area contributed by atoms with Crippen LogP contribution in [0.4, 0.5) is 5.69 Å². The predicted molar refractivity (Wildman–Crippen MR) is 110 cm³/mol. The van der Waals surface area contributed by atoms with Gasteiger partial charge in [-0.1, -0.05) is 12.1 Å². The van der Waals surface area contributed by atoms with Crippen molar-refractivity contribution in [3.05, 3.63) is 59.2 Å². The van der Waals surface area contributed by atoms with Crippen LogP contribution in [-0.2, 0) is 16.4 Å². The molecule has 0 radical (unpaired) electrons. The summed E-state index contributed by atoms with van der Waals surface area (Å²) >= 11 is 0. The topological polar surface area (TPSA) is 66.9 Å². The first kappa shape index (κ1) is 20.2. The highest BCUT2D eigenvalue weighted by atomic mass is 32.2. The monoisotopic (exact) mass is 402 g/mol. The summed E-state index contributed by atoms with van der Waals surface area (Å²) in [6.45, 7) is 4.93. The van der Waals surface area contributed by atoms with Crippen LogP contribution in [0.1, 0.15) is 41.4 Å². The zero-order valence-corrected chi connectivity index (χ0v) is 17.5. The molecule has 0 aliphatic carbocycles. The molecule has 0 spiro atoms. The second kappa shape index (κ2) is 7.83. The number of anilines is 1. The smallest absolute Gasteiger partial charge is 0.254 e.